The van der Waals surface area contributed by atoms with Gasteiger partial charge in [0.25, 0.3) is 5.91 Å². The van der Waals surface area contributed by atoms with Crippen LogP contribution in [0.1, 0.15) is 0 Å². The van der Waals surface area contributed by atoms with E-state index in [1.807, 2.05) is 0 Å². The number of thioether (sulfide) groups is 1. The lowest BCUT2D eigenvalue weighted by Gasteiger charge is -2.11. The molecule has 1 fully saturated rings. The van der Waals surface area contributed by atoms with Crippen molar-refractivity contribution in [3.63, 3.8) is 0 Å². The van der Waals surface area contributed by atoms with E-state index >= 15 is 0 Å². The highest BCUT2D eigenvalue weighted by Gasteiger charge is 2.22. The van der Waals surface area contributed by atoms with Gasteiger partial charge in [0, 0.05) is 17.3 Å². The van der Waals surface area contributed by atoms with Crippen LogP contribution >= 0.6 is 11.8 Å². The number of nitrogens with one attached hydrogen (secondary N) is 2. The topological polar surface area (TPSA) is 93.5 Å². The fourth-order valence-corrected chi connectivity index (χ4v) is 2.52. The highest BCUT2D eigenvalue weighted by atomic mass is 32.2. The summed E-state index contributed by atoms with van der Waals surface area (Å²) in [6, 6.07) is 6.65. The second-order valence-electron chi connectivity index (χ2n) is 4.04. The first-order valence-electron chi connectivity index (χ1n) is 5.78. The minimum absolute atomic E-state index is 0.0456. The molecule has 1 aromatic rings. The lowest BCUT2D eigenvalue weighted by molar-refractivity contribution is -0.120. The Balaban J connectivity index is 1.87. The first-order valence-corrected chi connectivity index (χ1v) is 6.94. The third kappa shape index (κ3) is 4.15. The first kappa shape index (κ1) is 13.7. The predicted molar refractivity (Wildman–Crippen MR) is 74.0 cm³/mol. The van der Waals surface area contributed by atoms with Crippen LogP contribution in [0.2, 0.25) is 0 Å². The third-order valence-electron chi connectivity index (χ3n) is 2.54. The molecule has 1 heterocycles. The van der Waals surface area contributed by atoms with Crippen molar-refractivity contribution in [2.75, 3.05) is 23.6 Å². The van der Waals surface area contributed by atoms with Crippen molar-refractivity contribution in [3.8, 4) is 5.75 Å². The number of carbonyl (C=O) groups excluding carboxylic acids is 2. The van der Waals surface area contributed by atoms with E-state index in [0.29, 0.717) is 11.4 Å². The minimum atomic E-state index is -0.526. The van der Waals surface area contributed by atoms with Gasteiger partial charge in [-0.1, -0.05) is 0 Å². The third-order valence-corrected chi connectivity index (χ3v) is 3.48. The summed E-state index contributed by atoms with van der Waals surface area (Å²) in [4.78, 5) is 22.4. The molecule has 0 aliphatic carbocycles. The first-order chi connectivity index (χ1) is 9.15. The van der Waals surface area contributed by atoms with Gasteiger partial charge in [-0.25, -0.2) is 0 Å². The fraction of sp³-hybridized carbons (Fsp3) is 0.333. The molecule has 0 spiro atoms. The number of anilines is 1. The summed E-state index contributed by atoms with van der Waals surface area (Å²) in [7, 11) is 0. The van der Waals surface area contributed by atoms with Crippen molar-refractivity contribution in [2.45, 2.75) is 6.04 Å². The summed E-state index contributed by atoms with van der Waals surface area (Å²) in [6.07, 6.45) is 0. The monoisotopic (exact) mass is 281 g/mol. The maximum Gasteiger partial charge on any atom is 0.255 e. The normalized spacial score (nSPS) is 18.0. The van der Waals surface area contributed by atoms with E-state index in [0.717, 1.165) is 11.6 Å². The summed E-state index contributed by atoms with van der Waals surface area (Å²) < 4.78 is 5.12. The molecule has 1 aliphatic heterocycles. The lowest BCUT2D eigenvalue weighted by atomic mass is 10.2. The van der Waals surface area contributed by atoms with Crippen molar-refractivity contribution in [3.05, 3.63) is 24.3 Å². The second-order valence-corrected chi connectivity index (χ2v) is 5.07. The largest absolute Gasteiger partial charge is 0.484 e. The predicted octanol–water partition coefficient (Wildman–Crippen LogP) is 0.152. The lowest BCUT2D eigenvalue weighted by Crippen LogP contribution is -2.37. The Bertz CT molecular complexity index is 458. The van der Waals surface area contributed by atoms with Gasteiger partial charge in [-0.05, 0) is 24.3 Å². The van der Waals surface area contributed by atoms with E-state index in [9.17, 15) is 9.59 Å². The quantitative estimate of drug-likeness (QED) is 0.714. The van der Waals surface area contributed by atoms with Crippen LogP contribution in [-0.4, -0.2) is 36.1 Å². The molecule has 0 aromatic heterocycles. The summed E-state index contributed by atoms with van der Waals surface area (Å²) in [5.41, 5.74) is 5.67. The molecule has 102 valence electrons. The van der Waals surface area contributed by atoms with Crippen LogP contribution < -0.4 is 21.1 Å². The number of hydrogen-bond donors (Lipinski definition) is 3. The Kier molecular flexibility index (Phi) is 4.64. The molecule has 1 saturated heterocycles. The number of ether oxygens (including phenoxy) is 1. The zero-order valence-corrected chi connectivity index (χ0v) is 11.0. The van der Waals surface area contributed by atoms with E-state index in [-0.39, 0.29) is 18.6 Å². The minimum Gasteiger partial charge on any atom is -0.484 e. The molecule has 2 amide bonds. The summed E-state index contributed by atoms with van der Waals surface area (Å²) in [5, 5.41) is 5.91. The Morgan fingerprint density at radius 2 is 2.16 bits per heavy atom. The molecule has 1 aromatic carbocycles. The van der Waals surface area contributed by atoms with Crippen molar-refractivity contribution >= 4 is 29.3 Å². The Morgan fingerprint density at radius 3 is 2.74 bits per heavy atom. The highest BCUT2D eigenvalue weighted by Crippen LogP contribution is 2.17. The van der Waals surface area contributed by atoms with Crippen LogP contribution in [0.25, 0.3) is 0 Å². The molecule has 2 rings (SSSR count). The molecule has 7 heteroatoms. The van der Waals surface area contributed by atoms with Crippen molar-refractivity contribution < 1.29 is 14.3 Å². The molecule has 0 bridgehead atoms. The van der Waals surface area contributed by atoms with Crippen molar-refractivity contribution in [1.82, 2.24) is 5.32 Å². The molecule has 4 N–H and O–H groups in total. The van der Waals surface area contributed by atoms with Gasteiger partial charge < -0.3 is 15.8 Å². The van der Waals surface area contributed by atoms with Crippen LogP contribution in [0.3, 0.4) is 0 Å². The van der Waals surface area contributed by atoms with Crippen molar-refractivity contribution in [2.24, 2.45) is 5.73 Å². The average Bonchev–Trinajstić information content (AvgIpc) is 2.92. The second kappa shape index (κ2) is 6.44. The summed E-state index contributed by atoms with van der Waals surface area (Å²) in [6.45, 7) is -0.158. The van der Waals surface area contributed by atoms with Gasteiger partial charge in [-0.2, -0.15) is 0 Å². The molecule has 1 aliphatic rings. The summed E-state index contributed by atoms with van der Waals surface area (Å²) >= 11 is 1.70. The van der Waals surface area contributed by atoms with E-state index in [1.54, 1.807) is 36.0 Å². The van der Waals surface area contributed by atoms with Gasteiger partial charge in [-0.3, -0.25) is 14.9 Å². The number of amides is 2. The van der Waals surface area contributed by atoms with Gasteiger partial charge in [-0.15, -0.1) is 11.8 Å². The Labute approximate surface area is 115 Å². The number of benzene rings is 1. The smallest absolute Gasteiger partial charge is 0.255 e. The van der Waals surface area contributed by atoms with Gasteiger partial charge >= 0.3 is 0 Å². The van der Waals surface area contributed by atoms with Gasteiger partial charge in [0.15, 0.2) is 6.61 Å². The number of primary amides is 1. The Morgan fingerprint density at radius 1 is 1.42 bits per heavy atom. The maximum absolute atomic E-state index is 11.8. The molecule has 6 nitrogen and oxygen atoms in total. The molecular formula is C12H15N3O3S. The Hall–Kier alpha value is -1.73. The SMILES string of the molecule is NC(=O)COc1ccc(NC(=O)C2CSCN2)cc1. The zero-order valence-electron chi connectivity index (χ0n) is 10.2. The van der Waals surface area contributed by atoms with Crippen molar-refractivity contribution in [1.29, 1.82) is 0 Å². The molecule has 19 heavy (non-hydrogen) atoms. The van der Waals surface area contributed by atoms with E-state index in [1.165, 1.54) is 0 Å². The molecule has 0 saturated carbocycles. The van der Waals surface area contributed by atoms with Crippen LogP contribution in [0.15, 0.2) is 24.3 Å². The average molecular weight is 281 g/mol. The number of rotatable bonds is 5. The van der Waals surface area contributed by atoms with Gasteiger partial charge in [0.05, 0.1) is 6.04 Å². The fourth-order valence-electron chi connectivity index (χ4n) is 1.58. The van der Waals surface area contributed by atoms with E-state index in [2.05, 4.69) is 10.6 Å². The van der Waals surface area contributed by atoms with E-state index in [4.69, 9.17) is 10.5 Å². The molecule has 1 atom stereocenters. The number of hydrogen-bond acceptors (Lipinski definition) is 5. The van der Waals surface area contributed by atoms with E-state index < -0.39 is 5.91 Å². The highest BCUT2D eigenvalue weighted by molar-refractivity contribution is 7.99. The molecular weight excluding hydrogens is 266 g/mol. The van der Waals surface area contributed by atoms with Crippen LogP contribution in [-0.2, 0) is 9.59 Å². The van der Waals surface area contributed by atoms with Crippen LogP contribution in [0.4, 0.5) is 5.69 Å². The van der Waals surface area contributed by atoms with Gasteiger partial charge in [0.2, 0.25) is 5.91 Å². The zero-order chi connectivity index (χ0) is 13.7. The van der Waals surface area contributed by atoms with Gasteiger partial charge in [0.1, 0.15) is 5.75 Å². The van der Waals surface area contributed by atoms with Crippen LogP contribution in [0, 0.1) is 0 Å². The number of nitrogens with two attached hydrogens (primary N) is 1. The standard InChI is InChI=1S/C12H15N3O3S/c13-11(16)5-18-9-3-1-8(2-4-9)15-12(17)10-6-19-7-14-10/h1-4,10,14H,5-7H2,(H2,13,16)(H,15,17). The number of carbonyl (C=O) groups is 2. The maximum atomic E-state index is 11.8. The molecule has 1 unspecified atom stereocenters. The van der Waals surface area contributed by atoms with Crippen LogP contribution in [0.5, 0.6) is 5.75 Å². The summed E-state index contributed by atoms with van der Waals surface area (Å²) in [5.74, 6) is 1.55. The molecule has 0 radical (unpaired) electrons.